The van der Waals surface area contributed by atoms with Gasteiger partial charge in [0.1, 0.15) is 5.69 Å². The van der Waals surface area contributed by atoms with E-state index in [1.165, 1.54) is 22.6 Å². The van der Waals surface area contributed by atoms with Crippen molar-refractivity contribution in [2.24, 2.45) is 0 Å². The molecular weight excluding hydrogens is 374 g/mol. The van der Waals surface area contributed by atoms with Crippen LogP contribution in [0.4, 0.5) is 22.0 Å². The first-order valence-electron chi connectivity index (χ1n) is 4.34. The van der Waals surface area contributed by atoms with E-state index in [0.29, 0.717) is 0 Å². The Morgan fingerprint density at radius 2 is 2.06 bits per heavy atom. The zero-order valence-electron chi connectivity index (χ0n) is 8.43. The van der Waals surface area contributed by atoms with Crippen molar-refractivity contribution in [1.82, 2.24) is 4.98 Å². The summed E-state index contributed by atoms with van der Waals surface area (Å²) in [5.74, 6) is -1.05. The molecule has 0 N–H and O–H groups in total. The van der Waals surface area contributed by atoms with Crippen LogP contribution in [0.2, 0.25) is 0 Å². The van der Waals surface area contributed by atoms with Gasteiger partial charge in [-0.1, -0.05) is 0 Å². The van der Waals surface area contributed by atoms with Crippen LogP contribution >= 0.6 is 22.6 Å². The molecule has 0 fully saturated rings. The summed E-state index contributed by atoms with van der Waals surface area (Å²) >= 11 is 1.41. The molecule has 0 radical (unpaired) electrons. The van der Waals surface area contributed by atoms with Crippen LogP contribution < -0.4 is 4.74 Å². The van der Waals surface area contributed by atoms with Gasteiger partial charge in [-0.2, -0.15) is 5.26 Å². The van der Waals surface area contributed by atoms with Crippen LogP contribution in [0.25, 0.3) is 0 Å². The fourth-order valence-corrected chi connectivity index (χ4v) is 1.81. The van der Waals surface area contributed by atoms with E-state index in [1.807, 2.05) is 0 Å². The van der Waals surface area contributed by atoms with Gasteiger partial charge < -0.3 is 4.74 Å². The van der Waals surface area contributed by atoms with E-state index in [4.69, 9.17) is 5.26 Å². The Morgan fingerprint density at radius 1 is 1.44 bits per heavy atom. The molecule has 0 amide bonds. The van der Waals surface area contributed by atoms with E-state index in [1.54, 1.807) is 6.07 Å². The maximum atomic E-state index is 12.5. The van der Waals surface area contributed by atoms with Crippen molar-refractivity contribution < 1.29 is 26.7 Å². The average Bonchev–Trinajstić information content (AvgIpc) is 2.22. The monoisotopic (exact) mass is 378 g/mol. The highest BCUT2D eigenvalue weighted by Crippen LogP contribution is 2.36. The van der Waals surface area contributed by atoms with Crippen LogP contribution in [0, 0.1) is 14.9 Å². The molecule has 9 heteroatoms. The second kappa shape index (κ2) is 5.64. The van der Waals surface area contributed by atoms with Gasteiger partial charge in [0.05, 0.1) is 16.1 Å². The van der Waals surface area contributed by atoms with Crippen LogP contribution in [0.3, 0.4) is 0 Å². The summed E-state index contributed by atoms with van der Waals surface area (Å²) in [6, 6.07) is 1.69. The molecule has 0 aliphatic rings. The normalized spacial score (nSPS) is 11.4. The summed E-state index contributed by atoms with van der Waals surface area (Å²) in [5, 5.41) is 8.45. The summed E-state index contributed by atoms with van der Waals surface area (Å²) in [6.07, 6.45) is -7.61. The zero-order valence-corrected chi connectivity index (χ0v) is 10.6. The third-order valence-corrected chi connectivity index (χ3v) is 2.95. The molecule has 0 saturated heterocycles. The van der Waals surface area contributed by atoms with Crippen LogP contribution in [0.15, 0.2) is 6.20 Å². The fraction of sp³-hybridized carbons (Fsp3) is 0.333. The van der Waals surface area contributed by atoms with E-state index in [2.05, 4.69) is 9.72 Å². The standard InChI is InChI=1S/C9H4F5IN2O/c10-8(11)6-7(18-9(12,13)14)5(15)4(1-2-16)3-17-6/h3,8H,1H2. The van der Waals surface area contributed by atoms with E-state index in [0.717, 1.165) is 6.20 Å². The number of hydrogen-bond donors (Lipinski definition) is 0. The molecule has 18 heavy (non-hydrogen) atoms. The van der Waals surface area contributed by atoms with Crippen LogP contribution in [0.1, 0.15) is 17.7 Å². The lowest BCUT2D eigenvalue weighted by atomic mass is 10.2. The number of rotatable bonds is 3. The third kappa shape index (κ3) is 3.66. The first kappa shape index (κ1) is 14.9. The molecule has 3 nitrogen and oxygen atoms in total. The molecule has 0 aliphatic heterocycles. The number of nitrogens with zero attached hydrogens (tertiary/aromatic N) is 2. The Bertz CT molecular complexity index is 483. The van der Waals surface area contributed by atoms with Crippen molar-refractivity contribution in [3.63, 3.8) is 0 Å². The predicted molar refractivity (Wildman–Crippen MR) is 57.9 cm³/mol. The lowest BCUT2D eigenvalue weighted by molar-refractivity contribution is -0.275. The molecule has 0 saturated carbocycles. The van der Waals surface area contributed by atoms with Crippen LogP contribution in [0.5, 0.6) is 5.75 Å². The van der Waals surface area contributed by atoms with E-state index < -0.39 is 24.2 Å². The molecule has 0 aromatic carbocycles. The van der Waals surface area contributed by atoms with Crippen LogP contribution in [-0.4, -0.2) is 11.3 Å². The van der Waals surface area contributed by atoms with Gasteiger partial charge in [0.2, 0.25) is 0 Å². The molecule has 1 rings (SSSR count). The van der Waals surface area contributed by atoms with Crippen molar-refractivity contribution >= 4 is 22.6 Å². The van der Waals surface area contributed by atoms with Crippen molar-refractivity contribution in [1.29, 1.82) is 5.26 Å². The molecule has 98 valence electrons. The number of aromatic nitrogens is 1. The van der Waals surface area contributed by atoms with E-state index >= 15 is 0 Å². The molecular formula is C9H4F5IN2O. The first-order valence-corrected chi connectivity index (χ1v) is 5.42. The average molecular weight is 378 g/mol. The Balaban J connectivity index is 3.32. The van der Waals surface area contributed by atoms with Crippen molar-refractivity contribution in [2.75, 3.05) is 0 Å². The van der Waals surface area contributed by atoms with Crippen LogP contribution in [-0.2, 0) is 6.42 Å². The van der Waals surface area contributed by atoms with Gasteiger partial charge in [0.15, 0.2) is 5.75 Å². The van der Waals surface area contributed by atoms with Gasteiger partial charge >= 0.3 is 6.36 Å². The minimum absolute atomic E-state index is 0.0988. The fourth-order valence-electron chi connectivity index (χ4n) is 1.10. The highest BCUT2D eigenvalue weighted by Gasteiger charge is 2.35. The summed E-state index contributed by atoms with van der Waals surface area (Å²) in [4.78, 5) is 3.21. The maximum absolute atomic E-state index is 12.5. The molecule has 0 bridgehead atoms. The molecule has 1 aromatic rings. The third-order valence-electron chi connectivity index (χ3n) is 1.77. The van der Waals surface area contributed by atoms with E-state index in [9.17, 15) is 22.0 Å². The summed E-state index contributed by atoms with van der Waals surface area (Å²) in [7, 11) is 0. The van der Waals surface area contributed by atoms with Gasteiger partial charge in [-0.15, -0.1) is 13.2 Å². The zero-order chi connectivity index (χ0) is 13.9. The smallest absolute Gasteiger partial charge is 0.402 e. The van der Waals surface area contributed by atoms with Crippen molar-refractivity contribution in [3.05, 3.63) is 21.0 Å². The summed E-state index contributed by atoms with van der Waals surface area (Å²) in [6.45, 7) is 0. The van der Waals surface area contributed by atoms with Gasteiger partial charge in [0, 0.05) is 11.8 Å². The van der Waals surface area contributed by atoms with Gasteiger partial charge in [-0.25, -0.2) is 8.78 Å². The highest BCUT2D eigenvalue weighted by molar-refractivity contribution is 14.1. The first-order chi connectivity index (χ1) is 8.26. The minimum Gasteiger partial charge on any atom is -0.402 e. The van der Waals surface area contributed by atoms with Gasteiger partial charge in [-0.3, -0.25) is 4.98 Å². The highest BCUT2D eigenvalue weighted by atomic mass is 127. The minimum atomic E-state index is -5.10. The Labute approximate surface area is 112 Å². The summed E-state index contributed by atoms with van der Waals surface area (Å²) in [5.41, 5.74) is -1.000. The molecule has 0 aliphatic carbocycles. The molecule has 0 atom stereocenters. The topological polar surface area (TPSA) is 45.9 Å². The molecule has 0 spiro atoms. The van der Waals surface area contributed by atoms with Gasteiger partial charge in [0.25, 0.3) is 6.43 Å². The van der Waals surface area contributed by atoms with Gasteiger partial charge in [-0.05, 0) is 22.6 Å². The second-order valence-corrected chi connectivity index (χ2v) is 4.07. The quantitative estimate of drug-likeness (QED) is 0.597. The number of nitriles is 1. The summed E-state index contributed by atoms with van der Waals surface area (Å²) < 4.78 is 64.8. The largest absolute Gasteiger partial charge is 0.573 e. The lowest BCUT2D eigenvalue weighted by Gasteiger charge is -2.15. The SMILES string of the molecule is N#CCc1cnc(C(F)F)c(OC(F)(F)F)c1I. The Morgan fingerprint density at radius 3 is 2.50 bits per heavy atom. The molecule has 1 aromatic heterocycles. The molecule has 1 heterocycles. The van der Waals surface area contributed by atoms with Crippen molar-refractivity contribution in [2.45, 2.75) is 19.2 Å². The second-order valence-electron chi connectivity index (χ2n) is 3.00. The number of pyridine rings is 1. The number of halogens is 6. The lowest BCUT2D eigenvalue weighted by Crippen LogP contribution is -2.20. The Hall–Kier alpha value is -1.18. The Kier molecular flexibility index (Phi) is 4.66. The predicted octanol–water partition coefficient (Wildman–Crippen LogP) is 3.59. The number of ether oxygens (including phenoxy) is 1. The van der Waals surface area contributed by atoms with Crippen molar-refractivity contribution in [3.8, 4) is 11.8 Å². The maximum Gasteiger partial charge on any atom is 0.573 e. The number of hydrogen-bond acceptors (Lipinski definition) is 3. The van der Waals surface area contributed by atoms with E-state index in [-0.39, 0.29) is 15.6 Å². The molecule has 0 unspecified atom stereocenters. The number of alkyl halides is 5.